The third kappa shape index (κ3) is 4.05. The van der Waals surface area contributed by atoms with Gasteiger partial charge in [-0.15, -0.1) is 5.10 Å². The molecule has 0 saturated carbocycles. The van der Waals surface area contributed by atoms with E-state index in [1.807, 2.05) is 0 Å². The molecule has 0 aromatic carbocycles. The molecule has 2 aromatic heterocycles. The second kappa shape index (κ2) is 8.74. The number of likely N-dealkylation sites (N-methyl/N-ethyl adjacent to an activating group) is 1. The number of aromatic nitrogens is 5. The minimum atomic E-state index is -0.867. The maximum absolute atomic E-state index is 12.5. The van der Waals surface area contributed by atoms with E-state index >= 15 is 0 Å². The molecule has 0 spiro atoms. The first-order chi connectivity index (χ1) is 12.6. The number of nitrogens with zero attached hydrogens (tertiary/aromatic N) is 6. The molecule has 0 radical (unpaired) electrons. The van der Waals surface area contributed by atoms with Gasteiger partial charge in [0.05, 0.1) is 12.7 Å². The van der Waals surface area contributed by atoms with Crippen molar-refractivity contribution in [3.63, 3.8) is 0 Å². The highest BCUT2D eigenvalue weighted by Crippen LogP contribution is 2.29. The Bertz CT molecular complexity index is 716. The summed E-state index contributed by atoms with van der Waals surface area (Å²) in [5.74, 6) is -0.227. The molecule has 3 heterocycles. The van der Waals surface area contributed by atoms with Crippen LogP contribution in [-0.2, 0) is 26.5 Å². The second-order valence-corrected chi connectivity index (χ2v) is 5.69. The van der Waals surface area contributed by atoms with Crippen molar-refractivity contribution in [2.75, 3.05) is 20.1 Å². The van der Waals surface area contributed by atoms with E-state index in [0.717, 1.165) is 6.42 Å². The van der Waals surface area contributed by atoms with Crippen LogP contribution in [0.1, 0.15) is 12.8 Å². The summed E-state index contributed by atoms with van der Waals surface area (Å²) in [6.45, 7) is 0.776. The number of hydrogen-bond acceptors (Lipinski definition) is 6. The van der Waals surface area contributed by atoms with Crippen molar-refractivity contribution in [1.82, 2.24) is 35.0 Å². The summed E-state index contributed by atoms with van der Waals surface area (Å²) in [4.78, 5) is 35.1. The van der Waals surface area contributed by atoms with Crippen molar-refractivity contribution in [2.24, 2.45) is 0 Å². The lowest BCUT2D eigenvalue weighted by Gasteiger charge is -2.41. The molecular formula is C15H21N7O4. The fourth-order valence-electron chi connectivity index (χ4n) is 3.04. The predicted molar refractivity (Wildman–Crippen MR) is 88.8 cm³/mol. The van der Waals surface area contributed by atoms with Crippen LogP contribution < -0.4 is 5.32 Å². The van der Waals surface area contributed by atoms with Crippen LogP contribution in [-0.4, -0.2) is 73.2 Å². The molecule has 11 nitrogen and oxygen atoms in total. The summed E-state index contributed by atoms with van der Waals surface area (Å²) in [6.07, 6.45) is 7.95. The fraction of sp³-hybridized carbons (Fsp3) is 0.467. The van der Waals surface area contributed by atoms with Crippen LogP contribution in [0.2, 0.25) is 0 Å². The molecule has 2 amide bonds. The lowest BCUT2D eigenvalue weighted by Crippen LogP contribution is -2.59. The molecule has 2 N–H and O–H groups in total. The number of nitrogens with one attached hydrogen (secondary N) is 1. The molecule has 140 valence electrons. The Labute approximate surface area is 149 Å². The van der Waals surface area contributed by atoms with Gasteiger partial charge in [0.25, 0.3) is 6.47 Å². The van der Waals surface area contributed by atoms with Gasteiger partial charge in [-0.2, -0.15) is 5.10 Å². The van der Waals surface area contributed by atoms with Crippen LogP contribution in [0.25, 0.3) is 0 Å². The Hall–Kier alpha value is -3.24. The third-order valence-electron chi connectivity index (χ3n) is 4.19. The average Bonchev–Trinajstić information content (AvgIpc) is 3.35. The van der Waals surface area contributed by atoms with Crippen molar-refractivity contribution < 1.29 is 19.5 Å². The van der Waals surface area contributed by atoms with E-state index in [1.165, 1.54) is 10.9 Å². The normalized spacial score (nSPS) is 19.2. The third-order valence-corrected chi connectivity index (χ3v) is 4.19. The van der Waals surface area contributed by atoms with E-state index in [2.05, 4.69) is 20.7 Å². The van der Waals surface area contributed by atoms with Crippen LogP contribution >= 0.6 is 0 Å². The van der Waals surface area contributed by atoms with E-state index in [1.54, 1.807) is 41.3 Å². The first-order valence-corrected chi connectivity index (χ1v) is 7.99. The molecule has 0 bridgehead atoms. The molecule has 1 saturated heterocycles. The molecule has 11 heteroatoms. The summed E-state index contributed by atoms with van der Waals surface area (Å²) in [6, 6.07) is 1.78. The molecule has 26 heavy (non-hydrogen) atoms. The number of hydrogen-bond donors (Lipinski definition) is 2. The Morgan fingerprint density at radius 1 is 1.35 bits per heavy atom. The molecule has 1 aliphatic heterocycles. The molecule has 1 aliphatic rings. The largest absolute Gasteiger partial charge is 0.483 e. The first-order valence-electron chi connectivity index (χ1n) is 7.99. The van der Waals surface area contributed by atoms with Gasteiger partial charge in [-0.05, 0) is 18.9 Å². The maximum Gasteiger partial charge on any atom is 0.290 e. The van der Waals surface area contributed by atoms with E-state index in [9.17, 15) is 9.59 Å². The second-order valence-electron chi connectivity index (χ2n) is 5.69. The van der Waals surface area contributed by atoms with Crippen molar-refractivity contribution >= 4 is 18.3 Å². The zero-order valence-electron chi connectivity index (χ0n) is 14.4. The Morgan fingerprint density at radius 2 is 2.12 bits per heavy atom. The molecule has 3 rings (SSSR count). The summed E-state index contributed by atoms with van der Waals surface area (Å²) >= 11 is 0. The molecule has 1 fully saturated rings. The lowest BCUT2D eigenvalue weighted by atomic mass is 9.88. The molecule has 1 atom stereocenters. The van der Waals surface area contributed by atoms with Crippen molar-refractivity contribution in [3.8, 4) is 0 Å². The van der Waals surface area contributed by atoms with Gasteiger partial charge in [0.2, 0.25) is 11.8 Å². The van der Waals surface area contributed by atoms with Gasteiger partial charge in [-0.1, -0.05) is 5.21 Å². The quantitative estimate of drug-likeness (QED) is 0.661. The molecule has 2 aromatic rings. The predicted octanol–water partition coefficient (Wildman–Crippen LogP) is -1.06. The highest BCUT2D eigenvalue weighted by molar-refractivity contribution is 5.86. The summed E-state index contributed by atoms with van der Waals surface area (Å²) in [7, 11) is 1.60. The molecule has 1 unspecified atom stereocenters. The van der Waals surface area contributed by atoms with E-state index in [-0.39, 0.29) is 24.8 Å². The monoisotopic (exact) mass is 363 g/mol. The van der Waals surface area contributed by atoms with Gasteiger partial charge < -0.3 is 15.3 Å². The van der Waals surface area contributed by atoms with Crippen LogP contribution in [0.5, 0.6) is 0 Å². The number of carbonyl (C=O) groups is 3. The zero-order chi connectivity index (χ0) is 19.0. The average molecular weight is 363 g/mol. The van der Waals surface area contributed by atoms with Crippen molar-refractivity contribution in [2.45, 2.75) is 24.9 Å². The van der Waals surface area contributed by atoms with Crippen LogP contribution in [0.3, 0.4) is 0 Å². The van der Waals surface area contributed by atoms with E-state index < -0.39 is 5.54 Å². The van der Waals surface area contributed by atoms with Gasteiger partial charge in [-0.3, -0.25) is 19.1 Å². The minimum absolute atomic E-state index is 0.0874. The first kappa shape index (κ1) is 19.1. The van der Waals surface area contributed by atoms with Crippen molar-refractivity contribution in [1.29, 1.82) is 0 Å². The Balaban J connectivity index is 0.000000758. The number of rotatable bonds is 4. The van der Waals surface area contributed by atoms with Crippen LogP contribution in [0, 0.1) is 0 Å². The summed E-state index contributed by atoms with van der Waals surface area (Å²) < 4.78 is 3.13. The van der Waals surface area contributed by atoms with Crippen molar-refractivity contribution in [3.05, 3.63) is 30.9 Å². The number of piperidine rings is 1. The number of amides is 2. The van der Waals surface area contributed by atoms with Gasteiger partial charge in [-0.25, -0.2) is 4.68 Å². The summed E-state index contributed by atoms with van der Waals surface area (Å²) in [5.41, 5.74) is -0.867. The van der Waals surface area contributed by atoms with Gasteiger partial charge in [0.1, 0.15) is 6.54 Å². The highest BCUT2D eigenvalue weighted by atomic mass is 16.3. The maximum atomic E-state index is 12.5. The number of carbonyl (C=O) groups excluding carboxylic acids is 2. The van der Waals surface area contributed by atoms with Crippen LogP contribution in [0.4, 0.5) is 0 Å². The number of likely N-dealkylation sites (tertiary alicyclic amines) is 1. The zero-order valence-corrected chi connectivity index (χ0v) is 14.4. The standard InChI is InChI=1S/C14H19N7O2.CH2O2/c1-15-13(23)14(21-8-3-5-17-21)4-2-7-19(11-14)12(22)10-20-9-6-16-18-20;2-1-3/h3,5-6,8-9H,2,4,7,10-11H2,1H3,(H,15,23);1H,(H,2,3). The Kier molecular flexibility index (Phi) is 6.42. The van der Waals surface area contributed by atoms with Gasteiger partial charge in [0, 0.05) is 32.2 Å². The Morgan fingerprint density at radius 3 is 2.69 bits per heavy atom. The summed E-state index contributed by atoms with van der Waals surface area (Å²) in [5, 5.41) is 21.3. The van der Waals surface area contributed by atoms with Gasteiger partial charge >= 0.3 is 0 Å². The fourth-order valence-corrected chi connectivity index (χ4v) is 3.04. The van der Waals surface area contributed by atoms with Gasteiger partial charge in [0.15, 0.2) is 5.54 Å². The van der Waals surface area contributed by atoms with E-state index in [0.29, 0.717) is 19.5 Å². The number of carboxylic acid groups (broad SMARTS) is 1. The lowest BCUT2D eigenvalue weighted by molar-refractivity contribution is -0.141. The molecule has 0 aliphatic carbocycles. The van der Waals surface area contributed by atoms with E-state index in [4.69, 9.17) is 9.90 Å². The highest BCUT2D eigenvalue weighted by Gasteiger charge is 2.45. The topological polar surface area (TPSA) is 135 Å². The van der Waals surface area contributed by atoms with Crippen LogP contribution in [0.15, 0.2) is 30.9 Å². The molecular weight excluding hydrogens is 342 g/mol. The smallest absolute Gasteiger partial charge is 0.290 e. The minimum Gasteiger partial charge on any atom is -0.483 e. The SMILES string of the molecule is CNC(=O)C1(n2cccn2)CCCN(C(=O)Cn2ccnn2)C1.O=CO.